The average Bonchev–Trinajstić information content (AvgIpc) is 2.82. The van der Waals surface area contributed by atoms with E-state index in [0.717, 1.165) is 12.2 Å². The van der Waals surface area contributed by atoms with Gasteiger partial charge in [-0.15, -0.1) is 5.10 Å². The number of hydrogen-bond acceptors (Lipinski definition) is 5. The third-order valence-electron chi connectivity index (χ3n) is 2.64. The zero-order valence-corrected chi connectivity index (χ0v) is 10.2. The molecule has 84 valence electrons. The summed E-state index contributed by atoms with van der Waals surface area (Å²) in [6.07, 6.45) is 3.70. The van der Waals surface area contributed by atoms with Gasteiger partial charge >= 0.3 is 0 Å². The molecular weight excluding hydrogens is 220 g/mol. The minimum Gasteiger partial charge on any atom is -0.294 e. The summed E-state index contributed by atoms with van der Waals surface area (Å²) in [5.74, 6) is 0. The van der Waals surface area contributed by atoms with Crippen LogP contribution in [0.5, 0.6) is 0 Å². The van der Waals surface area contributed by atoms with Crippen molar-refractivity contribution in [1.82, 2.24) is 19.5 Å². The second kappa shape index (κ2) is 5.14. The van der Waals surface area contributed by atoms with E-state index in [-0.39, 0.29) is 0 Å². The molecule has 0 spiro atoms. The van der Waals surface area contributed by atoms with Crippen LogP contribution < -0.4 is 0 Å². The van der Waals surface area contributed by atoms with Gasteiger partial charge in [-0.25, -0.2) is 0 Å². The highest BCUT2D eigenvalue weighted by molar-refractivity contribution is 7.03. The summed E-state index contributed by atoms with van der Waals surface area (Å²) in [7, 11) is 2.08. The lowest BCUT2D eigenvalue weighted by Crippen LogP contribution is -2.22. The van der Waals surface area contributed by atoms with Crippen molar-refractivity contribution in [1.29, 1.82) is 0 Å². The minimum absolute atomic E-state index is 0.329. The lowest BCUT2D eigenvalue weighted by molar-refractivity contribution is 0.249. The summed E-state index contributed by atoms with van der Waals surface area (Å²) in [6, 6.07) is 4.38. The first-order valence-electron chi connectivity index (χ1n) is 5.13. The monoisotopic (exact) mass is 234 g/mol. The van der Waals surface area contributed by atoms with Crippen molar-refractivity contribution in [2.75, 3.05) is 7.05 Å². The van der Waals surface area contributed by atoms with Crippen molar-refractivity contribution in [2.24, 2.45) is 0 Å². The fraction of sp³-hybridized carbons (Fsp3) is 0.364. The predicted octanol–water partition coefficient (Wildman–Crippen LogP) is 2.13. The molecular formula is C11H14N4S. The standard InChI is InChI=1S/C11H14N4S/c1-9(10-4-3-5-12-6-10)15(2)7-11-8-16-14-13-11/h3-6,8-9H,7H2,1-2H3/t9-/m0/s1. The van der Waals surface area contributed by atoms with Crippen LogP contribution in [0.2, 0.25) is 0 Å². The Balaban J connectivity index is 2.02. The van der Waals surface area contributed by atoms with Gasteiger partial charge in [0.25, 0.3) is 0 Å². The van der Waals surface area contributed by atoms with E-state index in [4.69, 9.17) is 0 Å². The van der Waals surface area contributed by atoms with Crippen LogP contribution in [0, 0.1) is 0 Å². The third kappa shape index (κ3) is 2.62. The van der Waals surface area contributed by atoms with Crippen LogP contribution in [0.15, 0.2) is 29.9 Å². The normalized spacial score (nSPS) is 12.9. The van der Waals surface area contributed by atoms with E-state index in [1.165, 1.54) is 17.1 Å². The van der Waals surface area contributed by atoms with Gasteiger partial charge in [-0.3, -0.25) is 9.88 Å². The number of rotatable bonds is 4. The molecule has 4 nitrogen and oxygen atoms in total. The Kier molecular flexibility index (Phi) is 3.58. The Morgan fingerprint density at radius 2 is 2.38 bits per heavy atom. The summed E-state index contributed by atoms with van der Waals surface area (Å²) in [4.78, 5) is 6.36. The van der Waals surface area contributed by atoms with Crippen molar-refractivity contribution in [3.05, 3.63) is 41.2 Å². The largest absolute Gasteiger partial charge is 0.294 e. The van der Waals surface area contributed by atoms with Crippen LogP contribution in [0.3, 0.4) is 0 Å². The van der Waals surface area contributed by atoms with Crippen molar-refractivity contribution < 1.29 is 0 Å². The second-order valence-electron chi connectivity index (χ2n) is 3.77. The first kappa shape index (κ1) is 11.2. The highest BCUT2D eigenvalue weighted by Gasteiger charge is 2.12. The fourth-order valence-corrected chi connectivity index (χ4v) is 1.97. The quantitative estimate of drug-likeness (QED) is 0.812. The van der Waals surface area contributed by atoms with Crippen LogP contribution in [-0.2, 0) is 6.54 Å². The molecule has 2 aromatic heterocycles. The molecule has 0 saturated heterocycles. The Bertz CT molecular complexity index is 415. The smallest absolute Gasteiger partial charge is 0.0895 e. The van der Waals surface area contributed by atoms with Crippen molar-refractivity contribution in [3.63, 3.8) is 0 Å². The van der Waals surface area contributed by atoms with Gasteiger partial charge in [-0.2, -0.15) is 0 Å². The molecule has 0 aliphatic heterocycles. The van der Waals surface area contributed by atoms with Gasteiger partial charge in [0, 0.05) is 30.4 Å². The summed E-state index contributed by atoms with van der Waals surface area (Å²) < 4.78 is 3.86. The van der Waals surface area contributed by atoms with Crippen LogP contribution in [0.4, 0.5) is 0 Å². The summed E-state index contributed by atoms with van der Waals surface area (Å²) in [6.45, 7) is 2.98. The molecule has 5 heteroatoms. The predicted molar refractivity (Wildman–Crippen MR) is 64.0 cm³/mol. The van der Waals surface area contributed by atoms with Crippen molar-refractivity contribution >= 4 is 11.5 Å². The molecule has 0 aliphatic rings. The highest BCUT2D eigenvalue weighted by Crippen LogP contribution is 2.18. The van der Waals surface area contributed by atoms with Crippen LogP contribution in [-0.4, -0.2) is 26.5 Å². The van der Waals surface area contributed by atoms with Gasteiger partial charge in [-0.05, 0) is 37.1 Å². The summed E-state index contributed by atoms with van der Waals surface area (Å²) in [5.41, 5.74) is 2.23. The maximum Gasteiger partial charge on any atom is 0.0895 e. The van der Waals surface area contributed by atoms with E-state index < -0.39 is 0 Å². The molecule has 0 aromatic carbocycles. The number of hydrogen-bond donors (Lipinski definition) is 0. The Morgan fingerprint density at radius 3 is 3.00 bits per heavy atom. The van der Waals surface area contributed by atoms with E-state index in [1.807, 2.05) is 17.6 Å². The van der Waals surface area contributed by atoms with Crippen LogP contribution in [0.1, 0.15) is 24.2 Å². The Labute approximate surface area is 99.1 Å². The number of nitrogens with zero attached hydrogens (tertiary/aromatic N) is 4. The fourth-order valence-electron chi connectivity index (χ4n) is 1.52. The first-order valence-corrected chi connectivity index (χ1v) is 5.97. The summed E-state index contributed by atoms with van der Waals surface area (Å²) in [5, 5.41) is 6.02. The second-order valence-corrected chi connectivity index (χ2v) is 4.38. The zero-order chi connectivity index (χ0) is 11.4. The van der Waals surface area contributed by atoms with E-state index >= 15 is 0 Å². The molecule has 0 fully saturated rings. The van der Waals surface area contributed by atoms with E-state index in [9.17, 15) is 0 Å². The van der Waals surface area contributed by atoms with E-state index in [1.54, 1.807) is 6.20 Å². The lowest BCUT2D eigenvalue weighted by Gasteiger charge is -2.23. The molecule has 2 heterocycles. The zero-order valence-electron chi connectivity index (χ0n) is 9.37. The van der Waals surface area contributed by atoms with Gasteiger partial charge in [-0.1, -0.05) is 10.6 Å². The molecule has 2 aromatic rings. The Hall–Kier alpha value is -1.33. The SMILES string of the molecule is C[C@@H](c1cccnc1)N(C)Cc1csnn1. The lowest BCUT2D eigenvalue weighted by atomic mass is 10.1. The van der Waals surface area contributed by atoms with Gasteiger partial charge in [0.2, 0.25) is 0 Å². The first-order chi connectivity index (χ1) is 7.77. The Morgan fingerprint density at radius 1 is 1.50 bits per heavy atom. The maximum atomic E-state index is 4.13. The van der Waals surface area contributed by atoms with E-state index in [2.05, 4.69) is 39.5 Å². The average molecular weight is 234 g/mol. The molecule has 2 rings (SSSR count). The van der Waals surface area contributed by atoms with Crippen molar-refractivity contribution in [2.45, 2.75) is 19.5 Å². The maximum absolute atomic E-state index is 4.13. The van der Waals surface area contributed by atoms with Gasteiger partial charge in [0.15, 0.2) is 0 Å². The molecule has 1 atom stereocenters. The van der Waals surface area contributed by atoms with Crippen molar-refractivity contribution in [3.8, 4) is 0 Å². The van der Waals surface area contributed by atoms with Gasteiger partial charge < -0.3 is 0 Å². The molecule has 16 heavy (non-hydrogen) atoms. The molecule has 0 N–H and O–H groups in total. The molecule has 0 amide bonds. The van der Waals surface area contributed by atoms with Gasteiger partial charge in [0.05, 0.1) is 5.69 Å². The molecule has 0 saturated carbocycles. The molecule has 0 unspecified atom stereocenters. The topological polar surface area (TPSA) is 41.9 Å². The third-order valence-corrected chi connectivity index (χ3v) is 3.20. The van der Waals surface area contributed by atoms with Gasteiger partial charge in [0.1, 0.15) is 0 Å². The molecule has 0 aliphatic carbocycles. The van der Waals surface area contributed by atoms with E-state index in [0.29, 0.717) is 6.04 Å². The van der Waals surface area contributed by atoms with Crippen LogP contribution >= 0.6 is 11.5 Å². The molecule has 0 bridgehead atoms. The number of pyridine rings is 1. The minimum atomic E-state index is 0.329. The number of aromatic nitrogens is 3. The highest BCUT2D eigenvalue weighted by atomic mass is 32.1. The summed E-state index contributed by atoms with van der Waals surface area (Å²) >= 11 is 1.39. The molecule has 0 radical (unpaired) electrons. The van der Waals surface area contributed by atoms with Crippen LogP contribution in [0.25, 0.3) is 0 Å².